The van der Waals surface area contributed by atoms with Crippen molar-refractivity contribution in [3.8, 4) is 0 Å². The highest BCUT2D eigenvalue weighted by molar-refractivity contribution is 5.91. The lowest BCUT2D eigenvalue weighted by Crippen LogP contribution is -2.53. The van der Waals surface area contributed by atoms with E-state index in [9.17, 15) is 4.79 Å². The molecule has 27 heavy (non-hydrogen) atoms. The molecule has 0 spiro atoms. The van der Waals surface area contributed by atoms with Crippen LogP contribution in [-0.4, -0.2) is 78.0 Å². The van der Waals surface area contributed by atoms with Gasteiger partial charge in [-0.15, -0.1) is 0 Å². The number of amides is 1. The van der Waals surface area contributed by atoms with Gasteiger partial charge in [-0.1, -0.05) is 6.07 Å². The standard InChI is InChI=1S/C18H24N8O/c1-19-18(24-9-8-23-17(27)15-14-20-6-7-21-15)26-12-10-25(11-13-26)16-4-2-3-5-22-16/h2-7,14H,8-13H2,1H3,(H,19,24)(H,23,27). The number of hydrogen-bond donors (Lipinski definition) is 2. The molecular weight excluding hydrogens is 344 g/mol. The molecule has 1 amide bonds. The highest BCUT2D eigenvalue weighted by atomic mass is 16.1. The Morgan fingerprint density at radius 1 is 1.07 bits per heavy atom. The van der Waals surface area contributed by atoms with Gasteiger partial charge in [-0.2, -0.15) is 0 Å². The maximum absolute atomic E-state index is 11.9. The number of piperazine rings is 1. The lowest BCUT2D eigenvalue weighted by molar-refractivity contribution is 0.0949. The van der Waals surface area contributed by atoms with Crippen LogP contribution in [0.4, 0.5) is 5.82 Å². The van der Waals surface area contributed by atoms with Crippen LogP contribution in [0.3, 0.4) is 0 Å². The quantitative estimate of drug-likeness (QED) is 0.435. The third-order valence-electron chi connectivity index (χ3n) is 4.25. The summed E-state index contributed by atoms with van der Waals surface area (Å²) >= 11 is 0. The smallest absolute Gasteiger partial charge is 0.271 e. The first kappa shape index (κ1) is 18.6. The van der Waals surface area contributed by atoms with Gasteiger partial charge in [0.15, 0.2) is 5.96 Å². The van der Waals surface area contributed by atoms with Crippen LogP contribution in [0.1, 0.15) is 10.5 Å². The predicted molar refractivity (Wildman–Crippen MR) is 104 cm³/mol. The van der Waals surface area contributed by atoms with E-state index in [1.165, 1.54) is 18.6 Å². The summed E-state index contributed by atoms with van der Waals surface area (Å²) in [6, 6.07) is 5.96. The summed E-state index contributed by atoms with van der Waals surface area (Å²) in [4.78, 5) is 33.0. The summed E-state index contributed by atoms with van der Waals surface area (Å²) in [5.41, 5.74) is 0.313. The average Bonchev–Trinajstić information content (AvgIpc) is 2.75. The van der Waals surface area contributed by atoms with Crippen molar-refractivity contribution in [3.63, 3.8) is 0 Å². The summed E-state index contributed by atoms with van der Waals surface area (Å²) in [6.07, 6.45) is 6.30. The summed E-state index contributed by atoms with van der Waals surface area (Å²) in [5.74, 6) is 1.61. The molecule has 0 unspecified atom stereocenters. The fourth-order valence-electron chi connectivity index (χ4n) is 2.88. The Kier molecular flexibility index (Phi) is 6.50. The molecule has 0 atom stereocenters. The number of guanidine groups is 1. The van der Waals surface area contributed by atoms with E-state index in [0.29, 0.717) is 18.8 Å². The van der Waals surface area contributed by atoms with E-state index >= 15 is 0 Å². The Morgan fingerprint density at radius 2 is 1.89 bits per heavy atom. The van der Waals surface area contributed by atoms with Gasteiger partial charge in [0.05, 0.1) is 6.20 Å². The highest BCUT2D eigenvalue weighted by Gasteiger charge is 2.20. The molecule has 2 N–H and O–H groups in total. The van der Waals surface area contributed by atoms with E-state index in [4.69, 9.17) is 0 Å². The number of hydrogen-bond acceptors (Lipinski definition) is 6. The molecule has 0 aliphatic carbocycles. The first-order valence-electron chi connectivity index (χ1n) is 8.93. The van der Waals surface area contributed by atoms with Crippen molar-refractivity contribution < 1.29 is 4.79 Å². The SMILES string of the molecule is CN=C(NCCNC(=O)c1cnccn1)N1CCN(c2ccccn2)CC1. The van der Waals surface area contributed by atoms with Gasteiger partial charge in [0.1, 0.15) is 11.5 Å². The molecule has 3 heterocycles. The minimum absolute atomic E-state index is 0.233. The molecule has 142 valence electrons. The Morgan fingerprint density at radius 3 is 2.56 bits per heavy atom. The number of carbonyl (C=O) groups excluding carboxylic acids is 1. The van der Waals surface area contributed by atoms with Gasteiger partial charge in [-0.3, -0.25) is 14.8 Å². The second kappa shape index (κ2) is 9.46. The number of nitrogens with one attached hydrogen (secondary N) is 2. The van der Waals surface area contributed by atoms with Crippen LogP contribution >= 0.6 is 0 Å². The van der Waals surface area contributed by atoms with Gasteiger partial charge in [-0.25, -0.2) is 9.97 Å². The predicted octanol–water partition coefficient (Wildman–Crippen LogP) is -0.001000. The second-order valence-electron chi connectivity index (χ2n) is 5.98. The molecule has 0 saturated carbocycles. The molecule has 2 aromatic heterocycles. The highest BCUT2D eigenvalue weighted by Crippen LogP contribution is 2.12. The second-order valence-corrected chi connectivity index (χ2v) is 5.98. The van der Waals surface area contributed by atoms with Gasteiger partial charge < -0.3 is 20.4 Å². The van der Waals surface area contributed by atoms with Crippen LogP contribution in [0.15, 0.2) is 48.0 Å². The Bertz CT molecular complexity index is 744. The zero-order valence-corrected chi connectivity index (χ0v) is 15.4. The lowest BCUT2D eigenvalue weighted by Gasteiger charge is -2.37. The number of aromatic nitrogens is 3. The average molecular weight is 368 g/mol. The number of anilines is 1. The molecule has 9 heteroatoms. The van der Waals surface area contributed by atoms with Gasteiger partial charge in [0.25, 0.3) is 5.91 Å². The topological polar surface area (TPSA) is 98.6 Å². The molecule has 9 nitrogen and oxygen atoms in total. The molecule has 0 aromatic carbocycles. The van der Waals surface area contributed by atoms with E-state index < -0.39 is 0 Å². The molecule has 0 radical (unpaired) electrons. The van der Waals surface area contributed by atoms with Gasteiger partial charge in [0.2, 0.25) is 0 Å². The molecule has 1 aliphatic rings. The molecule has 2 aromatic rings. The minimum atomic E-state index is -0.233. The summed E-state index contributed by atoms with van der Waals surface area (Å²) in [5, 5.41) is 6.11. The van der Waals surface area contributed by atoms with Gasteiger partial charge >= 0.3 is 0 Å². The number of carbonyl (C=O) groups is 1. The largest absolute Gasteiger partial charge is 0.354 e. The number of aliphatic imine (C=N–C) groups is 1. The van der Waals surface area contributed by atoms with Gasteiger partial charge in [0, 0.05) is 64.9 Å². The Hall–Kier alpha value is -3.23. The van der Waals surface area contributed by atoms with Crippen molar-refractivity contribution in [3.05, 3.63) is 48.7 Å². The maximum atomic E-state index is 11.9. The summed E-state index contributed by atoms with van der Waals surface area (Å²) < 4.78 is 0. The van der Waals surface area contributed by atoms with Gasteiger partial charge in [-0.05, 0) is 12.1 Å². The van der Waals surface area contributed by atoms with E-state index in [1.807, 2.05) is 24.4 Å². The molecule has 1 aliphatic heterocycles. The van der Waals surface area contributed by atoms with Crippen LogP contribution in [0.2, 0.25) is 0 Å². The van der Waals surface area contributed by atoms with Crippen LogP contribution in [0.25, 0.3) is 0 Å². The molecule has 0 bridgehead atoms. The number of pyridine rings is 1. The monoisotopic (exact) mass is 368 g/mol. The summed E-state index contributed by atoms with van der Waals surface area (Å²) in [6.45, 7) is 4.56. The van der Waals surface area contributed by atoms with Crippen molar-refractivity contribution >= 4 is 17.7 Å². The molecular formula is C18H24N8O. The zero-order chi connectivity index (χ0) is 18.9. The summed E-state index contributed by atoms with van der Waals surface area (Å²) in [7, 11) is 1.77. The zero-order valence-electron chi connectivity index (χ0n) is 15.4. The van der Waals surface area contributed by atoms with Crippen molar-refractivity contribution in [2.45, 2.75) is 0 Å². The van der Waals surface area contributed by atoms with Crippen molar-refractivity contribution in [2.24, 2.45) is 4.99 Å². The van der Waals surface area contributed by atoms with Crippen LogP contribution in [0.5, 0.6) is 0 Å². The third kappa shape index (κ3) is 5.13. The number of nitrogens with zero attached hydrogens (tertiary/aromatic N) is 6. The third-order valence-corrected chi connectivity index (χ3v) is 4.25. The minimum Gasteiger partial charge on any atom is -0.354 e. The van der Waals surface area contributed by atoms with Crippen LogP contribution < -0.4 is 15.5 Å². The normalized spacial score (nSPS) is 14.8. The van der Waals surface area contributed by atoms with E-state index in [0.717, 1.165) is 38.0 Å². The van der Waals surface area contributed by atoms with E-state index in [1.54, 1.807) is 7.05 Å². The van der Waals surface area contributed by atoms with Crippen LogP contribution in [0, 0.1) is 0 Å². The fourth-order valence-corrected chi connectivity index (χ4v) is 2.88. The van der Waals surface area contributed by atoms with E-state index in [2.05, 4.69) is 40.4 Å². The molecule has 1 fully saturated rings. The van der Waals surface area contributed by atoms with Crippen molar-refractivity contribution in [1.82, 2.24) is 30.5 Å². The Balaban J connectivity index is 1.40. The van der Waals surface area contributed by atoms with Crippen LogP contribution in [-0.2, 0) is 0 Å². The first-order chi connectivity index (χ1) is 13.3. The van der Waals surface area contributed by atoms with Crippen molar-refractivity contribution in [1.29, 1.82) is 0 Å². The lowest BCUT2D eigenvalue weighted by atomic mass is 10.3. The molecule has 3 rings (SSSR count). The maximum Gasteiger partial charge on any atom is 0.271 e. The Labute approximate surface area is 158 Å². The van der Waals surface area contributed by atoms with E-state index in [-0.39, 0.29) is 5.91 Å². The molecule has 1 saturated heterocycles. The fraction of sp³-hybridized carbons (Fsp3) is 0.389. The number of rotatable bonds is 5. The van der Waals surface area contributed by atoms with Crippen molar-refractivity contribution in [2.75, 3.05) is 51.2 Å². The first-order valence-corrected chi connectivity index (χ1v) is 8.93.